The van der Waals surface area contributed by atoms with Crippen LogP contribution in [-0.2, 0) is 9.53 Å². The van der Waals surface area contributed by atoms with Crippen molar-refractivity contribution in [2.24, 2.45) is 0 Å². The highest BCUT2D eigenvalue weighted by Crippen LogP contribution is 2.20. The van der Waals surface area contributed by atoms with Gasteiger partial charge >= 0.3 is 0 Å². The van der Waals surface area contributed by atoms with Crippen molar-refractivity contribution in [2.45, 2.75) is 0 Å². The zero-order valence-corrected chi connectivity index (χ0v) is 8.40. The number of methoxy groups -OCH3 is 1. The van der Waals surface area contributed by atoms with E-state index in [0.717, 1.165) is 18.2 Å². The Labute approximate surface area is 90.2 Å². The van der Waals surface area contributed by atoms with E-state index in [4.69, 9.17) is 0 Å². The van der Waals surface area contributed by atoms with Crippen molar-refractivity contribution in [1.82, 2.24) is 0 Å². The van der Waals surface area contributed by atoms with Gasteiger partial charge in [0.05, 0.1) is 10.6 Å². The van der Waals surface area contributed by atoms with Crippen LogP contribution in [0, 0.1) is 15.9 Å². The normalized spacial score (nSPS) is 9.88. The summed E-state index contributed by atoms with van der Waals surface area (Å²) in [6.07, 6.45) is 0. The van der Waals surface area contributed by atoms with Crippen LogP contribution in [0.3, 0.4) is 0 Å². The fourth-order valence-electron chi connectivity index (χ4n) is 1.04. The molecular weight excluding hydrogens is 219 g/mol. The average Bonchev–Trinajstić information content (AvgIpc) is 2.21. The molecule has 0 saturated heterocycles. The van der Waals surface area contributed by atoms with Crippen molar-refractivity contribution in [3.05, 3.63) is 34.1 Å². The number of hydrogen-bond donors (Lipinski definition) is 1. The summed E-state index contributed by atoms with van der Waals surface area (Å²) in [5.74, 6) is -1.32. The number of nitrogens with zero attached hydrogens (tertiary/aromatic N) is 1. The van der Waals surface area contributed by atoms with Gasteiger partial charge in [-0.05, 0) is 6.07 Å². The number of nitro groups is 1. The maximum atomic E-state index is 13.2. The van der Waals surface area contributed by atoms with Gasteiger partial charge in [0.15, 0.2) is 0 Å². The van der Waals surface area contributed by atoms with E-state index in [9.17, 15) is 19.3 Å². The highest BCUT2D eigenvalue weighted by Gasteiger charge is 2.12. The number of hydrogen-bond acceptors (Lipinski definition) is 4. The molecule has 0 aliphatic rings. The van der Waals surface area contributed by atoms with Gasteiger partial charge in [0, 0.05) is 19.2 Å². The van der Waals surface area contributed by atoms with Crippen LogP contribution in [0.15, 0.2) is 18.2 Å². The lowest BCUT2D eigenvalue weighted by Crippen LogP contribution is -2.18. The number of nitrogens with one attached hydrogen (secondary N) is 1. The van der Waals surface area contributed by atoms with Crippen molar-refractivity contribution >= 4 is 17.3 Å². The number of halogens is 1. The number of carbonyl (C=O) groups excluding carboxylic acids is 1. The lowest BCUT2D eigenvalue weighted by atomic mass is 10.2. The third-order valence-corrected chi connectivity index (χ3v) is 1.71. The van der Waals surface area contributed by atoms with Crippen LogP contribution in [0.25, 0.3) is 0 Å². The minimum absolute atomic E-state index is 0.240. The summed E-state index contributed by atoms with van der Waals surface area (Å²) in [4.78, 5) is 20.8. The number of benzene rings is 1. The molecule has 0 heterocycles. The largest absolute Gasteiger partial charge is 0.375 e. The van der Waals surface area contributed by atoms with Crippen LogP contribution in [0.4, 0.5) is 15.8 Å². The number of carbonyl (C=O) groups is 1. The van der Waals surface area contributed by atoms with E-state index < -0.39 is 16.6 Å². The van der Waals surface area contributed by atoms with Crippen LogP contribution in [-0.4, -0.2) is 24.5 Å². The number of ether oxygens (including phenoxy) is 1. The summed E-state index contributed by atoms with van der Waals surface area (Å²) in [6, 6.07) is 2.88. The summed E-state index contributed by atoms with van der Waals surface area (Å²) in [5.41, 5.74) is -0.537. The number of rotatable bonds is 4. The molecule has 0 fully saturated rings. The van der Waals surface area contributed by atoms with Gasteiger partial charge in [-0.2, -0.15) is 0 Å². The monoisotopic (exact) mass is 228 g/mol. The van der Waals surface area contributed by atoms with Gasteiger partial charge in [0.25, 0.3) is 5.69 Å². The Morgan fingerprint density at radius 2 is 2.31 bits per heavy atom. The van der Waals surface area contributed by atoms with E-state index in [1.54, 1.807) is 0 Å². The molecule has 0 saturated carbocycles. The van der Waals surface area contributed by atoms with Crippen molar-refractivity contribution < 1.29 is 18.8 Å². The molecule has 1 rings (SSSR count). The quantitative estimate of drug-likeness (QED) is 0.622. The van der Waals surface area contributed by atoms with Gasteiger partial charge in [-0.1, -0.05) is 0 Å². The Hall–Kier alpha value is -2.02. The average molecular weight is 228 g/mol. The summed E-state index contributed by atoms with van der Waals surface area (Å²) in [5, 5.41) is 12.6. The number of amides is 1. The Balaban J connectivity index is 2.90. The Morgan fingerprint density at radius 3 is 2.88 bits per heavy atom. The smallest absolute Gasteiger partial charge is 0.271 e. The van der Waals surface area contributed by atoms with E-state index in [0.29, 0.717) is 0 Å². The van der Waals surface area contributed by atoms with Crippen LogP contribution >= 0.6 is 0 Å². The molecule has 0 bridgehead atoms. The van der Waals surface area contributed by atoms with E-state index >= 15 is 0 Å². The summed E-state index contributed by atoms with van der Waals surface area (Å²) in [6.45, 7) is -0.248. The number of nitro benzene ring substituents is 1. The zero-order valence-electron chi connectivity index (χ0n) is 8.40. The first-order valence-corrected chi connectivity index (χ1v) is 4.27. The van der Waals surface area contributed by atoms with Gasteiger partial charge in [0.1, 0.15) is 12.4 Å². The first-order chi connectivity index (χ1) is 7.54. The fraction of sp³-hybridized carbons (Fsp3) is 0.222. The van der Waals surface area contributed by atoms with Gasteiger partial charge in [0.2, 0.25) is 5.91 Å². The molecule has 0 unspecified atom stereocenters. The molecule has 6 nitrogen and oxygen atoms in total. The van der Waals surface area contributed by atoms with E-state index in [1.807, 2.05) is 0 Å². The summed E-state index contributed by atoms with van der Waals surface area (Å²) < 4.78 is 17.7. The molecule has 1 aromatic carbocycles. The Kier molecular flexibility index (Phi) is 3.90. The van der Waals surface area contributed by atoms with E-state index in [1.165, 1.54) is 7.11 Å². The van der Waals surface area contributed by atoms with Gasteiger partial charge < -0.3 is 10.1 Å². The molecule has 86 valence electrons. The minimum atomic E-state index is -0.741. The second-order valence-corrected chi connectivity index (χ2v) is 2.90. The Morgan fingerprint density at radius 1 is 1.62 bits per heavy atom. The van der Waals surface area contributed by atoms with E-state index in [2.05, 4.69) is 10.1 Å². The molecule has 0 aliphatic carbocycles. The predicted molar refractivity (Wildman–Crippen MR) is 53.6 cm³/mol. The van der Waals surface area contributed by atoms with Gasteiger partial charge in [-0.3, -0.25) is 14.9 Å². The van der Waals surface area contributed by atoms with E-state index in [-0.39, 0.29) is 18.0 Å². The third-order valence-electron chi connectivity index (χ3n) is 1.71. The van der Waals surface area contributed by atoms with Crippen molar-refractivity contribution in [3.8, 4) is 0 Å². The molecule has 0 spiro atoms. The third kappa shape index (κ3) is 2.99. The molecule has 0 atom stereocenters. The molecule has 1 amide bonds. The Bertz CT molecular complexity index is 422. The lowest BCUT2D eigenvalue weighted by Gasteiger charge is -2.05. The van der Waals surface area contributed by atoms with Crippen molar-refractivity contribution in [1.29, 1.82) is 0 Å². The maximum absolute atomic E-state index is 13.2. The van der Waals surface area contributed by atoms with Crippen molar-refractivity contribution in [2.75, 3.05) is 19.0 Å². The van der Waals surface area contributed by atoms with Crippen LogP contribution in [0.2, 0.25) is 0 Å². The number of anilines is 1. The van der Waals surface area contributed by atoms with Gasteiger partial charge in [-0.15, -0.1) is 0 Å². The molecule has 0 radical (unpaired) electrons. The molecule has 0 aromatic heterocycles. The maximum Gasteiger partial charge on any atom is 0.271 e. The highest BCUT2D eigenvalue weighted by molar-refractivity contribution is 5.92. The second kappa shape index (κ2) is 5.17. The minimum Gasteiger partial charge on any atom is -0.375 e. The lowest BCUT2D eigenvalue weighted by molar-refractivity contribution is -0.384. The summed E-state index contributed by atoms with van der Waals surface area (Å²) >= 11 is 0. The first kappa shape index (κ1) is 12.1. The predicted octanol–water partition coefficient (Wildman–Crippen LogP) is 1.32. The molecule has 7 heteroatoms. The van der Waals surface area contributed by atoms with Crippen molar-refractivity contribution in [3.63, 3.8) is 0 Å². The van der Waals surface area contributed by atoms with Gasteiger partial charge in [-0.25, -0.2) is 4.39 Å². The fourth-order valence-corrected chi connectivity index (χ4v) is 1.04. The van der Waals surface area contributed by atoms with Crippen LogP contribution < -0.4 is 5.32 Å². The standard InChI is InChI=1S/C9H9FN2O4/c1-16-5-9(13)11-8-4-6(12(14)15)2-3-7(8)10/h2-4H,5H2,1H3,(H,11,13). The summed E-state index contributed by atoms with van der Waals surface area (Å²) in [7, 11) is 1.31. The molecule has 16 heavy (non-hydrogen) atoms. The first-order valence-electron chi connectivity index (χ1n) is 4.27. The highest BCUT2D eigenvalue weighted by atomic mass is 19.1. The zero-order chi connectivity index (χ0) is 12.1. The van der Waals surface area contributed by atoms with Crippen LogP contribution in [0.1, 0.15) is 0 Å². The second-order valence-electron chi connectivity index (χ2n) is 2.90. The molecule has 1 aromatic rings. The SMILES string of the molecule is COCC(=O)Nc1cc([N+](=O)[O-])ccc1F. The molecule has 1 N–H and O–H groups in total. The molecule has 0 aliphatic heterocycles. The number of non-ortho nitro benzene ring substituents is 1. The van der Waals surface area contributed by atoms with Crippen LogP contribution in [0.5, 0.6) is 0 Å². The topological polar surface area (TPSA) is 81.5 Å². The molecular formula is C9H9FN2O4.